The Hall–Kier alpha value is -1.33. The summed E-state index contributed by atoms with van der Waals surface area (Å²) in [6.07, 6.45) is 1.69. The molecule has 0 fully saturated rings. The van der Waals surface area contributed by atoms with Crippen LogP contribution in [0.15, 0.2) is 18.2 Å². The van der Waals surface area contributed by atoms with Crippen LogP contribution in [0.1, 0.15) is 36.9 Å². The van der Waals surface area contributed by atoms with Crippen LogP contribution in [0.4, 0.5) is 8.78 Å². The fraction of sp³-hybridized carbons (Fsp3) is 0.357. The fourth-order valence-corrected chi connectivity index (χ4v) is 3.06. The average Bonchev–Trinajstić information content (AvgIpc) is 2.73. The van der Waals surface area contributed by atoms with Crippen molar-refractivity contribution in [2.45, 2.75) is 32.7 Å². The topological polar surface area (TPSA) is 38.9 Å². The molecular formula is C14H16F2N2S. The minimum absolute atomic E-state index is 0.0586. The van der Waals surface area contributed by atoms with Gasteiger partial charge in [0.25, 0.3) is 0 Å². The number of halogens is 2. The van der Waals surface area contributed by atoms with Crippen molar-refractivity contribution in [2.24, 2.45) is 5.73 Å². The fourth-order valence-electron chi connectivity index (χ4n) is 1.94. The third-order valence-electron chi connectivity index (χ3n) is 2.80. The van der Waals surface area contributed by atoms with Gasteiger partial charge in [-0.15, -0.1) is 11.3 Å². The molecule has 0 saturated heterocycles. The van der Waals surface area contributed by atoms with Crippen LogP contribution in [0.5, 0.6) is 0 Å². The van der Waals surface area contributed by atoms with Gasteiger partial charge in [0, 0.05) is 10.9 Å². The first kappa shape index (κ1) is 14.1. The van der Waals surface area contributed by atoms with E-state index < -0.39 is 11.6 Å². The molecule has 2 nitrogen and oxygen atoms in total. The molecule has 102 valence electrons. The lowest BCUT2D eigenvalue weighted by Crippen LogP contribution is -2.05. The average molecular weight is 282 g/mol. The largest absolute Gasteiger partial charge is 0.323 e. The number of aryl methyl sites for hydroxylation is 1. The van der Waals surface area contributed by atoms with Gasteiger partial charge < -0.3 is 5.73 Å². The normalized spacial score (nSPS) is 12.7. The Morgan fingerprint density at radius 2 is 1.95 bits per heavy atom. The molecule has 2 rings (SSSR count). The summed E-state index contributed by atoms with van der Waals surface area (Å²) in [6, 6.07) is 3.65. The predicted octanol–water partition coefficient (Wildman–Crippen LogP) is 4.06. The van der Waals surface area contributed by atoms with Crippen molar-refractivity contribution < 1.29 is 8.78 Å². The van der Waals surface area contributed by atoms with E-state index in [1.54, 1.807) is 0 Å². The van der Waals surface area contributed by atoms with E-state index in [9.17, 15) is 8.78 Å². The molecule has 0 saturated carbocycles. The van der Waals surface area contributed by atoms with Gasteiger partial charge in [0.05, 0.1) is 11.3 Å². The highest BCUT2D eigenvalue weighted by atomic mass is 32.1. The second-order valence-corrected chi connectivity index (χ2v) is 5.50. The Bertz CT molecular complexity index is 559. The minimum atomic E-state index is -0.590. The second-order valence-electron chi connectivity index (χ2n) is 4.47. The van der Waals surface area contributed by atoms with E-state index in [4.69, 9.17) is 5.73 Å². The first-order valence-corrected chi connectivity index (χ1v) is 7.05. The van der Waals surface area contributed by atoms with Gasteiger partial charge >= 0.3 is 0 Å². The lowest BCUT2D eigenvalue weighted by atomic mass is 10.1. The van der Waals surface area contributed by atoms with Gasteiger partial charge in [-0.1, -0.05) is 19.4 Å². The summed E-state index contributed by atoms with van der Waals surface area (Å²) in [5.41, 5.74) is 6.68. The number of rotatable bonds is 4. The molecule has 0 aliphatic heterocycles. The number of benzene rings is 1. The van der Waals surface area contributed by atoms with Crippen LogP contribution in [0.3, 0.4) is 0 Å². The van der Waals surface area contributed by atoms with Gasteiger partial charge in [-0.2, -0.15) is 0 Å². The smallest absolute Gasteiger partial charge is 0.136 e. The zero-order valence-corrected chi connectivity index (χ0v) is 11.7. The number of nitrogens with zero attached hydrogens (tertiary/aromatic N) is 1. The van der Waals surface area contributed by atoms with E-state index in [-0.39, 0.29) is 11.6 Å². The van der Waals surface area contributed by atoms with Crippen LogP contribution in [0.2, 0.25) is 0 Å². The van der Waals surface area contributed by atoms with E-state index in [2.05, 4.69) is 4.98 Å². The van der Waals surface area contributed by atoms with Crippen LogP contribution < -0.4 is 5.73 Å². The second kappa shape index (κ2) is 5.75. The molecule has 1 unspecified atom stereocenters. The van der Waals surface area contributed by atoms with E-state index in [1.807, 2.05) is 13.8 Å². The summed E-state index contributed by atoms with van der Waals surface area (Å²) in [4.78, 5) is 5.27. The summed E-state index contributed by atoms with van der Waals surface area (Å²) in [5, 5.41) is 0.367. The van der Waals surface area contributed by atoms with E-state index >= 15 is 0 Å². The highest BCUT2D eigenvalue weighted by Gasteiger charge is 2.19. The number of hydrogen-bond acceptors (Lipinski definition) is 3. The van der Waals surface area contributed by atoms with Crippen LogP contribution in [0.25, 0.3) is 10.6 Å². The maximum atomic E-state index is 13.8. The van der Waals surface area contributed by atoms with Crippen molar-refractivity contribution in [3.63, 3.8) is 0 Å². The molecule has 0 aliphatic carbocycles. The van der Waals surface area contributed by atoms with Crippen molar-refractivity contribution in [2.75, 3.05) is 0 Å². The third kappa shape index (κ3) is 2.82. The molecule has 19 heavy (non-hydrogen) atoms. The van der Waals surface area contributed by atoms with Crippen LogP contribution >= 0.6 is 11.3 Å². The van der Waals surface area contributed by atoms with Crippen LogP contribution in [-0.4, -0.2) is 4.98 Å². The van der Waals surface area contributed by atoms with Crippen LogP contribution in [0, 0.1) is 11.6 Å². The summed E-state index contributed by atoms with van der Waals surface area (Å²) in [6.45, 7) is 3.89. The maximum absolute atomic E-state index is 13.8. The Morgan fingerprint density at radius 1 is 1.32 bits per heavy atom. The zero-order valence-electron chi connectivity index (χ0n) is 10.9. The number of hydrogen-bond donors (Lipinski definition) is 1. The van der Waals surface area contributed by atoms with Gasteiger partial charge in [-0.05, 0) is 25.5 Å². The van der Waals surface area contributed by atoms with Gasteiger partial charge in [-0.3, -0.25) is 0 Å². The van der Waals surface area contributed by atoms with E-state index in [0.717, 1.165) is 23.4 Å². The Morgan fingerprint density at radius 3 is 2.47 bits per heavy atom. The molecule has 1 aromatic heterocycles. The summed E-state index contributed by atoms with van der Waals surface area (Å²) in [5.74, 6) is -1.18. The molecule has 1 aromatic carbocycles. The van der Waals surface area contributed by atoms with Crippen molar-refractivity contribution in [3.05, 3.63) is 40.4 Å². The lowest BCUT2D eigenvalue weighted by molar-refractivity contribution is 0.589. The van der Waals surface area contributed by atoms with Crippen molar-refractivity contribution in [1.82, 2.24) is 4.98 Å². The van der Waals surface area contributed by atoms with Gasteiger partial charge in [0.15, 0.2) is 0 Å². The summed E-state index contributed by atoms with van der Waals surface area (Å²) < 4.78 is 27.5. The maximum Gasteiger partial charge on any atom is 0.136 e. The molecule has 0 aliphatic rings. The molecule has 2 N–H and O–H groups in total. The van der Waals surface area contributed by atoms with Gasteiger partial charge in [0.1, 0.15) is 16.6 Å². The number of aromatic nitrogens is 1. The summed E-state index contributed by atoms with van der Waals surface area (Å²) in [7, 11) is 0. The molecule has 0 spiro atoms. The van der Waals surface area contributed by atoms with E-state index in [0.29, 0.717) is 5.01 Å². The zero-order chi connectivity index (χ0) is 14.0. The molecular weight excluding hydrogens is 266 g/mol. The third-order valence-corrected chi connectivity index (χ3v) is 4.12. The highest BCUT2D eigenvalue weighted by molar-refractivity contribution is 7.15. The molecule has 2 aromatic rings. The lowest BCUT2D eigenvalue weighted by Gasteiger charge is -2.03. The van der Waals surface area contributed by atoms with Crippen LogP contribution in [-0.2, 0) is 6.42 Å². The summed E-state index contributed by atoms with van der Waals surface area (Å²) >= 11 is 1.27. The molecule has 0 bridgehead atoms. The first-order valence-electron chi connectivity index (χ1n) is 6.24. The van der Waals surface area contributed by atoms with Crippen molar-refractivity contribution in [3.8, 4) is 10.6 Å². The van der Waals surface area contributed by atoms with E-state index in [1.165, 1.54) is 29.5 Å². The predicted molar refractivity (Wildman–Crippen MR) is 74.1 cm³/mol. The number of thiazole rings is 1. The molecule has 1 heterocycles. The van der Waals surface area contributed by atoms with Crippen molar-refractivity contribution in [1.29, 1.82) is 0 Å². The first-order chi connectivity index (χ1) is 9.04. The molecule has 1 atom stereocenters. The van der Waals surface area contributed by atoms with Crippen molar-refractivity contribution >= 4 is 11.3 Å². The highest BCUT2D eigenvalue weighted by Crippen LogP contribution is 2.34. The molecule has 0 amide bonds. The Labute approximate surface area is 115 Å². The Kier molecular flexibility index (Phi) is 4.27. The monoisotopic (exact) mass is 282 g/mol. The van der Waals surface area contributed by atoms with Gasteiger partial charge in [0.2, 0.25) is 0 Å². The standard InChI is InChI=1S/C14H16F2N2S/c1-3-5-11-13(8(2)17)19-14(18-11)12-9(15)6-4-7-10(12)16/h4,6-8H,3,5,17H2,1-2H3. The van der Waals surface area contributed by atoms with Gasteiger partial charge in [-0.25, -0.2) is 13.8 Å². The molecule has 5 heteroatoms. The molecule has 0 radical (unpaired) electrons. The number of nitrogens with two attached hydrogens (primary N) is 1. The SMILES string of the molecule is CCCc1nc(-c2c(F)cccc2F)sc1C(C)N. The minimum Gasteiger partial charge on any atom is -0.323 e. The quantitative estimate of drug-likeness (QED) is 0.918. The Balaban J connectivity index is 2.54.